The van der Waals surface area contributed by atoms with Gasteiger partial charge in [0.05, 0.1) is 25.4 Å². The van der Waals surface area contributed by atoms with Gasteiger partial charge in [-0.2, -0.15) is 0 Å². The van der Waals surface area contributed by atoms with Gasteiger partial charge in [0.15, 0.2) is 6.04 Å². The molecule has 0 aliphatic rings. The van der Waals surface area contributed by atoms with Crippen LogP contribution in [0, 0.1) is 0 Å². The highest BCUT2D eigenvalue weighted by atomic mass is 16.5. The Morgan fingerprint density at radius 3 is 2.58 bits per heavy atom. The maximum atomic E-state index is 13.9. The zero-order valence-electron chi connectivity index (χ0n) is 21.0. The molecule has 1 N–H and O–H groups in total. The molecule has 0 bridgehead atoms. The predicted octanol–water partition coefficient (Wildman–Crippen LogP) is 4.11. The fourth-order valence-electron chi connectivity index (χ4n) is 3.96. The summed E-state index contributed by atoms with van der Waals surface area (Å²) in [5.41, 5.74) is 1.71. The van der Waals surface area contributed by atoms with Crippen LogP contribution in [0.3, 0.4) is 0 Å². The molecule has 188 valence electrons. The van der Waals surface area contributed by atoms with Crippen LogP contribution in [0.5, 0.6) is 5.75 Å². The van der Waals surface area contributed by atoms with E-state index in [4.69, 9.17) is 9.15 Å². The van der Waals surface area contributed by atoms with Gasteiger partial charge in [-0.15, -0.1) is 5.10 Å². The zero-order chi connectivity index (χ0) is 25.7. The maximum Gasteiger partial charge on any atom is 0.251 e. The Kier molecular flexibility index (Phi) is 7.38. The van der Waals surface area contributed by atoms with Crippen molar-refractivity contribution in [3.05, 3.63) is 78.3 Å². The van der Waals surface area contributed by atoms with E-state index in [1.54, 1.807) is 23.9 Å². The average molecular weight is 490 g/mol. The Morgan fingerprint density at radius 2 is 1.86 bits per heavy atom. The number of nitrogens with one attached hydrogen (secondary N) is 1. The summed E-state index contributed by atoms with van der Waals surface area (Å²) in [6.45, 7) is 5.91. The summed E-state index contributed by atoms with van der Waals surface area (Å²) in [6, 6.07) is 17.3. The molecular weight excluding hydrogens is 458 g/mol. The Hall–Kier alpha value is -4.14. The second-order valence-electron chi connectivity index (χ2n) is 9.21. The molecule has 0 spiro atoms. The lowest BCUT2D eigenvalue weighted by Gasteiger charge is -2.33. The normalized spacial score (nSPS) is 12.3. The van der Waals surface area contributed by atoms with E-state index in [2.05, 4.69) is 15.6 Å². The van der Waals surface area contributed by atoms with Crippen molar-refractivity contribution in [1.82, 2.24) is 25.2 Å². The SMILES string of the molecule is CCC(C)(C)NC(=O)[C@@H](c1ccco1)N(Cc1ccccc1OC)C(=O)Cn1nnc2ccccc21. The van der Waals surface area contributed by atoms with E-state index in [1.165, 1.54) is 11.2 Å². The monoisotopic (exact) mass is 489 g/mol. The Bertz CT molecular complexity index is 1330. The first-order chi connectivity index (χ1) is 17.3. The molecule has 2 aromatic heterocycles. The largest absolute Gasteiger partial charge is 0.496 e. The van der Waals surface area contributed by atoms with Gasteiger partial charge in [0.2, 0.25) is 5.91 Å². The number of para-hydroxylation sites is 2. The first kappa shape index (κ1) is 25.0. The molecule has 9 heteroatoms. The number of rotatable bonds is 10. The standard InChI is InChI=1S/C27H31N5O4/c1-5-27(2,3)28-26(34)25(23-15-10-16-36-23)31(17-19-11-6-9-14-22(19)35-4)24(33)18-32-21-13-8-7-12-20(21)29-30-32/h6-16,25H,5,17-18H2,1-4H3,(H,28,34)/t25-/m1/s1. The third kappa shape index (κ3) is 5.40. The van der Waals surface area contributed by atoms with Crippen LogP contribution in [0.15, 0.2) is 71.3 Å². The number of nitrogens with zero attached hydrogens (tertiary/aromatic N) is 4. The summed E-state index contributed by atoms with van der Waals surface area (Å²) in [6.07, 6.45) is 2.21. The number of amides is 2. The highest BCUT2D eigenvalue weighted by molar-refractivity contribution is 5.89. The second-order valence-corrected chi connectivity index (χ2v) is 9.21. The molecule has 4 rings (SSSR count). The molecule has 1 atom stereocenters. The molecule has 0 fully saturated rings. The van der Waals surface area contributed by atoms with E-state index < -0.39 is 11.6 Å². The molecule has 2 aromatic carbocycles. The molecule has 2 amide bonds. The minimum atomic E-state index is -1.00. The van der Waals surface area contributed by atoms with Crippen LogP contribution in [0.4, 0.5) is 0 Å². The average Bonchev–Trinajstić information content (AvgIpc) is 3.54. The van der Waals surface area contributed by atoms with Gasteiger partial charge in [0.1, 0.15) is 23.6 Å². The number of methoxy groups -OCH3 is 1. The third-order valence-electron chi connectivity index (χ3n) is 6.28. The molecule has 0 aliphatic carbocycles. The number of ether oxygens (including phenoxy) is 1. The van der Waals surface area contributed by atoms with Crippen LogP contribution < -0.4 is 10.1 Å². The van der Waals surface area contributed by atoms with E-state index in [-0.39, 0.29) is 24.9 Å². The maximum absolute atomic E-state index is 13.9. The number of hydrogen-bond donors (Lipinski definition) is 1. The van der Waals surface area contributed by atoms with Gasteiger partial charge >= 0.3 is 0 Å². The topological polar surface area (TPSA) is 102 Å². The minimum Gasteiger partial charge on any atom is -0.496 e. The van der Waals surface area contributed by atoms with Gasteiger partial charge in [0.25, 0.3) is 5.91 Å². The van der Waals surface area contributed by atoms with Gasteiger partial charge in [-0.25, -0.2) is 4.68 Å². The molecule has 4 aromatic rings. The van der Waals surface area contributed by atoms with Crippen molar-refractivity contribution < 1.29 is 18.7 Å². The minimum absolute atomic E-state index is 0.0999. The van der Waals surface area contributed by atoms with Crippen molar-refractivity contribution in [3.8, 4) is 5.75 Å². The highest BCUT2D eigenvalue weighted by Crippen LogP contribution is 2.29. The molecular formula is C27H31N5O4. The van der Waals surface area contributed by atoms with Crippen molar-refractivity contribution in [2.24, 2.45) is 0 Å². The lowest BCUT2D eigenvalue weighted by Crippen LogP contribution is -2.50. The van der Waals surface area contributed by atoms with Crippen LogP contribution in [-0.4, -0.2) is 44.4 Å². The van der Waals surface area contributed by atoms with Gasteiger partial charge in [-0.1, -0.05) is 42.5 Å². The lowest BCUT2D eigenvalue weighted by molar-refractivity contribution is -0.143. The number of carbonyl (C=O) groups excluding carboxylic acids is 2. The van der Waals surface area contributed by atoms with Crippen LogP contribution in [0.25, 0.3) is 11.0 Å². The van der Waals surface area contributed by atoms with Crippen LogP contribution >= 0.6 is 0 Å². The summed E-state index contributed by atoms with van der Waals surface area (Å²) >= 11 is 0. The number of carbonyl (C=O) groups is 2. The molecule has 9 nitrogen and oxygen atoms in total. The van der Waals surface area contributed by atoms with E-state index in [0.717, 1.165) is 17.5 Å². The first-order valence-corrected chi connectivity index (χ1v) is 11.9. The fraction of sp³-hybridized carbons (Fsp3) is 0.333. The number of benzene rings is 2. The quantitative estimate of drug-likeness (QED) is 0.360. The molecule has 0 saturated heterocycles. The summed E-state index contributed by atoms with van der Waals surface area (Å²) in [7, 11) is 1.58. The van der Waals surface area contributed by atoms with Crippen molar-refractivity contribution in [1.29, 1.82) is 0 Å². The number of aromatic nitrogens is 3. The predicted molar refractivity (Wildman–Crippen MR) is 135 cm³/mol. The Balaban J connectivity index is 1.75. The van der Waals surface area contributed by atoms with Crippen LogP contribution in [0.1, 0.15) is 44.6 Å². The van der Waals surface area contributed by atoms with Gasteiger partial charge in [-0.3, -0.25) is 9.59 Å². The molecule has 0 radical (unpaired) electrons. The van der Waals surface area contributed by atoms with Crippen molar-refractivity contribution in [2.45, 2.75) is 51.9 Å². The molecule has 0 saturated carbocycles. The van der Waals surface area contributed by atoms with E-state index >= 15 is 0 Å². The Labute approximate surface area is 210 Å². The number of fused-ring (bicyclic) bond motifs is 1. The van der Waals surface area contributed by atoms with E-state index in [0.29, 0.717) is 17.0 Å². The van der Waals surface area contributed by atoms with Crippen molar-refractivity contribution in [2.75, 3.05) is 7.11 Å². The summed E-state index contributed by atoms with van der Waals surface area (Å²) in [5, 5.41) is 11.4. The van der Waals surface area contributed by atoms with Gasteiger partial charge in [-0.05, 0) is 50.6 Å². The van der Waals surface area contributed by atoms with Crippen molar-refractivity contribution >= 4 is 22.8 Å². The molecule has 2 heterocycles. The smallest absolute Gasteiger partial charge is 0.251 e. The van der Waals surface area contributed by atoms with Crippen molar-refractivity contribution in [3.63, 3.8) is 0 Å². The molecule has 0 unspecified atom stereocenters. The van der Waals surface area contributed by atoms with E-state index in [9.17, 15) is 9.59 Å². The van der Waals surface area contributed by atoms with Crippen LogP contribution in [-0.2, 0) is 22.7 Å². The fourth-order valence-corrected chi connectivity index (χ4v) is 3.96. The lowest BCUT2D eigenvalue weighted by atomic mass is 10.0. The highest BCUT2D eigenvalue weighted by Gasteiger charge is 2.36. The number of hydrogen-bond acceptors (Lipinski definition) is 6. The summed E-state index contributed by atoms with van der Waals surface area (Å²) in [4.78, 5) is 29.1. The first-order valence-electron chi connectivity index (χ1n) is 11.9. The number of furan rings is 1. The molecule has 36 heavy (non-hydrogen) atoms. The van der Waals surface area contributed by atoms with E-state index in [1.807, 2.05) is 69.3 Å². The second kappa shape index (κ2) is 10.6. The van der Waals surface area contributed by atoms with Gasteiger partial charge < -0.3 is 19.4 Å². The van der Waals surface area contributed by atoms with Gasteiger partial charge in [0, 0.05) is 11.1 Å². The third-order valence-corrected chi connectivity index (χ3v) is 6.28. The Morgan fingerprint density at radius 1 is 1.11 bits per heavy atom. The molecule has 0 aliphatic heterocycles. The summed E-state index contributed by atoms with van der Waals surface area (Å²) in [5.74, 6) is 0.339. The summed E-state index contributed by atoms with van der Waals surface area (Å²) < 4.78 is 12.7. The zero-order valence-corrected chi connectivity index (χ0v) is 21.0. The van der Waals surface area contributed by atoms with Crippen LogP contribution in [0.2, 0.25) is 0 Å².